The van der Waals surface area contributed by atoms with Crippen LogP contribution in [0.2, 0.25) is 0 Å². The van der Waals surface area contributed by atoms with Crippen LogP contribution in [0.5, 0.6) is 0 Å². The van der Waals surface area contributed by atoms with Gasteiger partial charge in [0.15, 0.2) is 0 Å². The molecule has 1 atom stereocenters. The van der Waals surface area contributed by atoms with Gasteiger partial charge in [0.05, 0.1) is 11.4 Å². The number of carbonyl (C=O) groups is 1. The highest BCUT2D eigenvalue weighted by Crippen LogP contribution is 2.18. The fraction of sp³-hybridized carbons (Fsp3) is 0.412. The standard InChI is InChI=1S/C17H24N4O/c1-6-14-16(10-21(5)20-14)18-13(4)17(22)19-15-9-11(2)7-8-12(15)3/h7-10,13,18H,6H2,1-5H3,(H,19,22)/t13-/m0/s1. The van der Waals surface area contributed by atoms with Gasteiger partial charge in [-0.15, -0.1) is 0 Å². The van der Waals surface area contributed by atoms with Crippen molar-refractivity contribution < 1.29 is 4.79 Å². The highest BCUT2D eigenvalue weighted by atomic mass is 16.2. The van der Waals surface area contributed by atoms with Crippen molar-refractivity contribution in [2.24, 2.45) is 7.05 Å². The lowest BCUT2D eigenvalue weighted by Gasteiger charge is -2.16. The zero-order valence-electron chi connectivity index (χ0n) is 13.9. The van der Waals surface area contributed by atoms with Crippen molar-refractivity contribution in [1.82, 2.24) is 9.78 Å². The zero-order valence-corrected chi connectivity index (χ0v) is 13.9. The maximum Gasteiger partial charge on any atom is 0.246 e. The van der Waals surface area contributed by atoms with E-state index in [1.807, 2.05) is 59.1 Å². The van der Waals surface area contributed by atoms with E-state index in [0.29, 0.717) is 0 Å². The van der Waals surface area contributed by atoms with E-state index < -0.39 is 0 Å². The van der Waals surface area contributed by atoms with Crippen LogP contribution < -0.4 is 10.6 Å². The molecule has 2 aromatic rings. The maximum atomic E-state index is 12.4. The molecule has 0 radical (unpaired) electrons. The zero-order chi connectivity index (χ0) is 16.3. The summed E-state index contributed by atoms with van der Waals surface area (Å²) in [5.41, 5.74) is 4.92. The summed E-state index contributed by atoms with van der Waals surface area (Å²) in [7, 11) is 1.88. The smallest absolute Gasteiger partial charge is 0.246 e. The summed E-state index contributed by atoms with van der Waals surface area (Å²) in [6, 6.07) is 5.70. The molecule has 22 heavy (non-hydrogen) atoms. The van der Waals surface area contributed by atoms with Crippen LogP contribution in [0.15, 0.2) is 24.4 Å². The molecule has 0 aliphatic heterocycles. The van der Waals surface area contributed by atoms with Crippen molar-refractivity contribution >= 4 is 17.3 Å². The quantitative estimate of drug-likeness (QED) is 0.892. The fourth-order valence-corrected chi connectivity index (χ4v) is 2.33. The monoisotopic (exact) mass is 300 g/mol. The Labute approximate surface area is 131 Å². The van der Waals surface area contributed by atoms with Crippen molar-refractivity contribution in [2.75, 3.05) is 10.6 Å². The van der Waals surface area contributed by atoms with Gasteiger partial charge in [0, 0.05) is 18.9 Å². The highest BCUT2D eigenvalue weighted by molar-refractivity contribution is 5.96. The summed E-state index contributed by atoms with van der Waals surface area (Å²) >= 11 is 0. The Hall–Kier alpha value is -2.30. The SMILES string of the molecule is CCc1nn(C)cc1N[C@@H](C)C(=O)Nc1cc(C)ccc1C. The molecule has 0 spiro atoms. The molecule has 1 aromatic carbocycles. The number of carbonyl (C=O) groups excluding carboxylic acids is 1. The molecular weight excluding hydrogens is 276 g/mol. The molecule has 0 unspecified atom stereocenters. The minimum absolute atomic E-state index is 0.0559. The van der Waals surface area contributed by atoms with Crippen molar-refractivity contribution in [2.45, 2.75) is 40.2 Å². The van der Waals surface area contributed by atoms with Crippen LogP contribution in [-0.4, -0.2) is 21.7 Å². The highest BCUT2D eigenvalue weighted by Gasteiger charge is 2.16. The third-order valence-electron chi connectivity index (χ3n) is 3.66. The Kier molecular flexibility index (Phi) is 4.85. The molecule has 0 saturated carbocycles. The number of nitrogens with zero attached hydrogens (tertiary/aromatic N) is 2. The third kappa shape index (κ3) is 3.67. The Bertz CT molecular complexity index is 675. The van der Waals surface area contributed by atoms with E-state index in [4.69, 9.17) is 0 Å². The molecule has 0 bridgehead atoms. The van der Waals surface area contributed by atoms with E-state index in [0.717, 1.165) is 34.6 Å². The first-order valence-electron chi connectivity index (χ1n) is 7.58. The first-order chi connectivity index (χ1) is 10.4. The van der Waals surface area contributed by atoms with Crippen LogP contribution in [0.25, 0.3) is 0 Å². The van der Waals surface area contributed by atoms with Gasteiger partial charge in [-0.3, -0.25) is 9.48 Å². The van der Waals surface area contributed by atoms with Crippen LogP contribution in [0.3, 0.4) is 0 Å². The van der Waals surface area contributed by atoms with E-state index in [9.17, 15) is 4.79 Å². The molecule has 0 aliphatic rings. The number of amides is 1. The second-order valence-electron chi connectivity index (χ2n) is 5.69. The minimum atomic E-state index is -0.339. The van der Waals surface area contributed by atoms with Gasteiger partial charge in [-0.2, -0.15) is 5.10 Å². The summed E-state index contributed by atoms with van der Waals surface area (Å²) in [5, 5.41) is 10.6. The van der Waals surface area contributed by atoms with Crippen LogP contribution in [0.1, 0.15) is 30.7 Å². The first-order valence-corrected chi connectivity index (χ1v) is 7.58. The molecule has 5 nitrogen and oxygen atoms in total. The second kappa shape index (κ2) is 6.64. The van der Waals surface area contributed by atoms with Crippen LogP contribution in [0, 0.1) is 13.8 Å². The summed E-state index contributed by atoms with van der Waals surface area (Å²) in [6.45, 7) is 7.91. The molecule has 5 heteroatoms. The predicted octanol–water partition coefficient (Wildman–Crippen LogP) is 3.04. The Morgan fingerprint density at radius 2 is 2.05 bits per heavy atom. The number of hydrogen-bond donors (Lipinski definition) is 2. The molecule has 118 valence electrons. The van der Waals surface area contributed by atoms with E-state index in [1.54, 1.807) is 4.68 Å². The lowest BCUT2D eigenvalue weighted by Crippen LogP contribution is -2.32. The third-order valence-corrected chi connectivity index (χ3v) is 3.66. The summed E-state index contributed by atoms with van der Waals surface area (Å²) in [4.78, 5) is 12.4. The Morgan fingerprint density at radius 3 is 2.73 bits per heavy atom. The normalized spacial score (nSPS) is 12.0. The average molecular weight is 300 g/mol. The van der Waals surface area contributed by atoms with Crippen molar-refractivity contribution in [3.8, 4) is 0 Å². The second-order valence-corrected chi connectivity index (χ2v) is 5.69. The number of hydrogen-bond acceptors (Lipinski definition) is 3. The Balaban J connectivity index is 2.07. The number of benzene rings is 1. The summed E-state index contributed by atoms with van der Waals surface area (Å²) in [6.07, 6.45) is 2.73. The molecule has 0 saturated heterocycles. The summed E-state index contributed by atoms with van der Waals surface area (Å²) in [5.74, 6) is -0.0559. The van der Waals surface area contributed by atoms with E-state index >= 15 is 0 Å². The van der Waals surface area contributed by atoms with E-state index in [1.165, 1.54) is 0 Å². The number of anilines is 2. The topological polar surface area (TPSA) is 59.0 Å². The number of aromatic nitrogens is 2. The van der Waals surface area contributed by atoms with Crippen LogP contribution in [-0.2, 0) is 18.3 Å². The van der Waals surface area contributed by atoms with Gasteiger partial charge < -0.3 is 10.6 Å². The van der Waals surface area contributed by atoms with Crippen molar-refractivity contribution in [3.05, 3.63) is 41.2 Å². The van der Waals surface area contributed by atoms with Crippen LogP contribution >= 0.6 is 0 Å². The molecule has 2 N–H and O–H groups in total. The predicted molar refractivity (Wildman–Crippen MR) is 90.2 cm³/mol. The van der Waals surface area contributed by atoms with Gasteiger partial charge in [0.25, 0.3) is 0 Å². The minimum Gasteiger partial charge on any atom is -0.371 e. The molecule has 0 aliphatic carbocycles. The fourth-order valence-electron chi connectivity index (χ4n) is 2.33. The molecule has 1 heterocycles. The van der Waals surface area contributed by atoms with Gasteiger partial charge in [-0.25, -0.2) is 0 Å². The van der Waals surface area contributed by atoms with E-state index in [-0.39, 0.29) is 11.9 Å². The average Bonchev–Trinajstić information content (AvgIpc) is 2.82. The number of rotatable bonds is 5. The van der Waals surface area contributed by atoms with Crippen molar-refractivity contribution in [3.63, 3.8) is 0 Å². The van der Waals surface area contributed by atoms with Gasteiger partial charge in [0.2, 0.25) is 5.91 Å². The number of nitrogens with one attached hydrogen (secondary N) is 2. The lowest BCUT2D eigenvalue weighted by atomic mass is 10.1. The molecule has 1 aromatic heterocycles. The van der Waals surface area contributed by atoms with Gasteiger partial charge in [0.1, 0.15) is 6.04 Å². The molecular formula is C17H24N4O. The van der Waals surface area contributed by atoms with Crippen molar-refractivity contribution in [1.29, 1.82) is 0 Å². The molecule has 2 rings (SSSR count). The largest absolute Gasteiger partial charge is 0.371 e. The van der Waals surface area contributed by atoms with Crippen LogP contribution in [0.4, 0.5) is 11.4 Å². The lowest BCUT2D eigenvalue weighted by molar-refractivity contribution is -0.116. The van der Waals surface area contributed by atoms with Gasteiger partial charge in [-0.1, -0.05) is 19.1 Å². The summed E-state index contributed by atoms with van der Waals surface area (Å²) < 4.78 is 1.76. The van der Waals surface area contributed by atoms with Gasteiger partial charge >= 0.3 is 0 Å². The van der Waals surface area contributed by atoms with Gasteiger partial charge in [-0.05, 0) is 44.4 Å². The molecule has 0 fully saturated rings. The maximum absolute atomic E-state index is 12.4. The number of aryl methyl sites for hydroxylation is 4. The van der Waals surface area contributed by atoms with E-state index in [2.05, 4.69) is 15.7 Å². The molecule has 1 amide bonds. The Morgan fingerprint density at radius 1 is 1.32 bits per heavy atom. The first kappa shape index (κ1) is 16.1.